The van der Waals surface area contributed by atoms with Crippen LogP contribution < -0.4 is 10.6 Å². The van der Waals surface area contributed by atoms with Gasteiger partial charge in [0.1, 0.15) is 11.2 Å². The summed E-state index contributed by atoms with van der Waals surface area (Å²) in [5.74, 6) is 0. The Kier molecular flexibility index (Phi) is 11.4. The van der Waals surface area contributed by atoms with Gasteiger partial charge < -0.3 is 25.0 Å². The SMILES string of the molecule is CC(C)(C)OC(=O)NCCCCN(CCCNCc1ccccc1)C(=O)OC(C)(C)C. The maximum atomic E-state index is 12.6. The highest BCUT2D eigenvalue weighted by atomic mass is 16.6. The van der Waals surface area contributed by atoms with Gasteiger partial charge in [0.25, 0.3) is 0 Å². The fourth-order valence-electron chi connectivity index (χ4n) is 2.78. The highest BCUT2D eigenvalue weighted by Crippen LogP contribution is 2.11. The molecule has 7 nitrogen and oxygen atoms in total. The molecule has 2 N–H and O–H groups in total. The molecular weight excluding hydrogens is 394 g/mol. The van der Waals surface area contributed by atoms with Crippen LogP contribution in [0.1, 0.15) is 66.4 Å². The molecule has 0 atom stereocenters. The van der Waals surface area contributed by atoms with E-state index in [2.05, 4.69) is 22.8 Å². The molecule has 31 heavy (non-hydrogen) atoms. The molecule has 0 fully saturated rings. The van der Waals surface area contributed by atoms with Crippen molar-refractivity contribution < 1.29 is 19.1 Å². The minimum absolute atomic E-state index is 0.296. The molecule has 1 rings (SSSR count). The minimum atomic E-state index is -0.529. The van der Waals surface area contributed by atoms with E-state index in [0.29, 0.717) is 19.6 Å². The van der Waals surface area contributed by atoms with E-state index >= 15 is 0 Å². The number of benzene rings is 1. The summed E-state index contributed by atoms with van der Waals surface area (Å²) in [6, 6.07) is 10.2. The van der Waals surface area contributed by atoms with Crippen molar-refractivity contribution in [2.75, 3.05) is 26.2 Å². The number of ether oxygens (including phenoxy) is 2. The zero-order valence-corrected chi connectivity index (χ0v) is 20.1. The van der Waals surface area contributed by atoms with E-state index in [1.165, 1.54) is 5.56 Å². The molecule has 2 amide bonds. The quantitative estimate of drug-likeness (QED) is 0.492. The Labute approximate surface area is 187 Å². The van der Waals surface area contributed by atoms with Crippen molar-refractivity contribution in [3.05, 3.63) is 35.9 Å². The molecular formula is C24H41N3O4. The van der Waals surface area contributed by atoms with Gasteiger partial charge in [-0.25, -0.2) is 9.59 Å². The molecule has 0 aliphatic carbocycles. The Morgan fingerprint density at radius 2 is 1.45 bits per heavy atom. The smallest absolute Gasteiger partial charge is 0.410 e. The van der Waals surface area contributed by atoms with Gasteiger partial charge in [0.05, 0.1) is 0 Å². The molecule has 1 aromatic carbocycles. The minimum Gasteiger partial charge on any atom is -0.444 e. The van der Waals surface area contributed by atoms with Gasteiger partial charge in [-0.3, -0.25) is 0 Å². The van der Waals surface area contributed by atoms with Crippen molar-refractivity contribution in [2.24, 2.45) is 0 Å². The molecule has 0 saturated carbocycles. The largest absolute Gasteiger partial charge is 0.444 e. The van der Waals surface area contributed by atoms with Crippen LogP contribution in [0.5, 0.6) is 0 Å². The van der Waals surface area contributed by atoms with Crippen LogP contribution in [0, 0.1) is 0 Å². The average Bonchev–Trinajstić information content (AvgIpc) is 2.63. The topological polar surface area (TPSA) is 79.9 Å². The van der Waals surface area contributed by atoms with Gasteiger partial charge in [-0.2, -0.15) is 0 Å². The van der Waals surface area contributed by atoms with Crippen molar-refractivity contribution >= 4 is 12.2 Å². The average molecular weight is 436 g/mol. The molecule has 176 valence electrons. The Morgan fingerprint density at radius 3 is 2.06 bits per heavy atom. The number of carbonyl (C=O) groups is 2. The molecule has 0 saturated heterocycles. The van der Waals surface area contributed by atoms with Crippen LogP contribution in [-0.2, 0) is 16.0 Å². The Bertz CT molecular complexity index is 651. The molecule has 0 aromatic heterocycles. The molecule has 0 unspecified atom stereocenters. The molecule has 0 spiro atoms. The second-order valence-electron chi connectivity index (χ2n) is 9.62. The normalized spacial score (nSPS) is 11.7. The summed E-state index contributed by atoms with van der Waals surface area (Å²) in [6.45, 7) is 14.5. The predicted octanol–water partition coefficient (Wildman–Crippen LogP) is 4.71. The van der Waals surface area contributed by atoms with Gasteiger partial charge in [-0.05, 0) is 72.9 Å². The van der Waals surface area contributed by atoms with E-state index in [9.17, 15) is 9.59 Å². The van der Waals surface area contributed by atoms with Crippen LogP contribution >= 0.6 is 0 Å². The van der Waals surface area contributed by atoms with E-state index < -0.39 is 17.3 Å². The van der Waals surface area contributed by atoms with E-state index in [-0.39, 0.29) is 6.09 Å². The van der Waals surface area contributed by atoms with E-state index in [4.69, 9.17) is 9.47 Å². The summed E-state index contributed by atoms with van der Waals surface area (Å²) < 4.78 is 10.8. The summed E-state index contributed by atoms with van der Waals surface area (Å²) in [6.07, 6.45) is 1.65. The maximum Gasteiger partial charge on any atom is 0.410 e. The van der Waals surface area contributed by atoms with Crippen LogP contribution in [0.4, 0.5) is 9.59 Å². The van der Waals surface area contributed by atoms with Crippen molar-refractivity contribution in [2.45, 2.75) is 78.6 Å². The molecule has 1 aromatic rings. The predicted molar refractivity (Wildman–Crippen MR) is 124 cm³/mol. The Balaban J connectivity index is 2.36. The van der Waals surface area contributed by atoms with Crippen molar-refractivity contribution in [1.29, 1.82) is 0 Å². The van der Waals surface area contributed by atoms with Gasteiger partial charge in [0, 0.05) is 26.2 Å². The van der Waals surface area contributed by atoms with E-state index in [0.717, 1.165) is 32.4 Å². The number of hydrogen-bond donors (Lipinski definition) is 2. The summed E-state index contributed by atoms with van der Waals surface area (Å²) in [5, 5.41) is 6.16. The lowest BCUT2D eigenvalue weighted by atomic mass is 10.2. The number of hydrogen-bond acceptors (Lipinski definition) is 5. The molecule has 0 heterocycles. The number of nitrogens with zero attached hydrogens (tertiary/aromatic N) is 1. The van der Waals surface area contributed by atoms with Crippen LogP contribution in [0.2, 0.25) is 0 Å². The van der Waals surface area contributed by atoms with E-state index in [1.54, 1.807) is 4.90 Å². The summed E-state index contributed by atoms with van der Waals surface area (Å²) in [5.41, 5.74) is 0.203. The fourth-order valence-corrected chi connectivity index (χ4v) is 2.78. The summed E-state index contributed by atoms with van der Waals surface area (Å²) in [4.78, 5) is 26.0. The van der Waals surface area contributed by atoms with Crippen molar-refractivity contribution in [3.8, 4) is 0 Å². The lowest BCUT2D eigenvalue weighted by Crippen LogP contribution is -2.39. The summed E-state index contributed by atoms with van der Waals surface area (Å²) in [7, 11) is 0. The van der Waals surface area contributed by atoms with Crippen molar-refractivity contribution in [1.82, 2.24) is 15.5 Å². The lowest BCUT2D eigenvalue weighted by molar-refractivity contribution is 0.0243. The molecule has 0 aliphatic rings. The molecule has 0 aliphatic heterocycles. The van der Waals surface area contributed by atoms with Gasteiger partial charge in [0.15, 0.2) is 0 Å². The zero-order valence-electron chi connectivity index (χ0n) is 20.1. The first-order valence-corrected chi connectivity index (χ1v) is 11.2. The Hall–Kier alpha value is -2.28. The summed E-state index contributed by atoms with van der Waals surface area (Å²) >= 11 is 0. The third-order valence-corrected chi connectivity index (χ3v) is 4.13. The third kappa shape index (κ3) is 14.4. The number of amides is 2. The molecule has 7 heteroatoms. The number of rotatable bonds is 11. The first-order chi connectivity index (χ1) is 14.5. The number of alkyl carbamates (subject to hydrolysis) is 1. The first-order valence-electron chi connectivity index (χ1n) is 11.2. The molecule has 0 radical (unpaired) electrons. The van der Waals surface area contributed by atoms with Crippen LogP contribution in [0.15, 0.2) is 30.3 Å². The number of unbranched alkanes of at least 4 members (excludes halogenated alkanes) is 1. The standard InChI is InChI=1S/C24H41N3O4/c1-23(2,3)30-21(28)26-16-10-11-17-27(22(29)31-24(4,5)6)18-12-15-25-19-20-13-8-7-9-14-20/h7-9,13-14,25H,10-12,15-19H2,1-6H3,(H,26,28). The van der Waals surface area contributed by atoms with Gasteiger partial charge >= 0.3 is 12.2 Å². The highest BCUT2D eigenvalue weighted by molar-refractivity contribution is 5.68. The maximum absolute atomic E-state index is 12.6. The number of carbonyl (C=O) groups excluding carboxylic acids is 2. The third-order valence-electron chi connectivity index (χ3n) is 4.13. The van der Waals surface area contributed by atoms with Crippen LogP contribution in [-0.4, -0.2) is 54.5 Å². The molecule has 0 bridgehead atoms. The second-order valence-corrected chi connectivity index (χ2v) is 9.62. The first kappa shape index (κ1) is 26.8. The second kappa shape index (κ2) is 13.2. The van der Waals surface area contributed by atoms with Crippen molar-refractivity contribution in [3.63, 3.8) is 0 Å². The highest BCUT2D eigenvalue weighted by Gasteiger charge is 2.21. The van der Waals surface area contributed by atoms with Gasteiger partial charge in [-0.1, -0.05) is 30.3 Å². The van der Waals surface area contributed by atoms with Crippen LogP contribution in [0.25, 0.3) is 0 Å². The van der Waals surface area contributed by atoms with Gasteiger partial charge in [0.2, 0.25) is 0 Å². The van der Waals surface area contributed by atoms with Crippen LogP contribution in [0.3, 0.4) is 0 Å². The monoisotopic (exact) mass is 435 g/mol. The van der Waals surface area contributed by atoms with Gasteiger partial charge in [-0.15, -0.1) is 0 Å². The zero-order chi connectivity index (χ0) is 23.3. The lowest BCUT2D eigenvalue weighted by Gasteiger charge is -2.27. The Morgan fingerprint density at radius 1 is 0.839 bits per heavy atom. The fraction of sp³-hybridized carbons (Fsp3) is 0.667. The number of nitrogens with one attached hydrogen (secondary N) is 2. The van der Waals surface area contributed by atoms with E-state index in [1.807, 2.05) is 59.7 Å².